The maximum atomic E-state index is 12.2. The molecule has 2 rings (SSSR count). The van der Waals surface area contributed by atoms with Gasteiger partial charge in [-0.3, -0.25) is 4.79 Å². The minimum absolute atomic E-state index is 0. The number of aryl methyl sites for hydroxylation is 1. The van der Waals surface area contributed by atoms with Crippen molar-refractivity contribution in [2.24, 2.45) is 11.8 Å². The van der Waals surface area contributed by atoms with Crippen LogP contribution in [-0.4, -0.2) is 25.1 Å². The summed E-state index contributed by atoms with van der Waals surface area (Å²) in [5.41, 5.74) is 2.22. The van der Waals surface area contributed by atoms with E-state index in [1.165, 1.54) is 5.56 Å². The molecular weight excluding hydrogens is 324 g/mol. The van der Waals surface area contributed by atoms with Crippen molar-refractivity contribution in [3.8, 4) is 5.75 Å². The van der Waals surface area contributed by atoms with Gasteiger partial charge in [-0.05, 0) is 50.8 Å². The second-order valence-electron chi connectivity index (χ2n) is 7.08. The predicted octanol–water partition coefficient (Wildman–Crippen LogP) is 3.46. The average molecular weight is 355 g/mol. The first-order valence-corrected chi connectivity index (χ1v) is 8.70. The van der Waals surface area contributed by atoms with Crippen molar-refractivity contribution in [3.63, 3.8) is 0 Å². The van der Waals surface area contributed by atoms with Gasteiger partial charge in [-0.25, -0.2) is 0 Å². The van der Waals surface area contributed by atoms with Crippen LogP contribution < -0.4 is 15.4 Å². The number of rotatable bonds is 7. The van der Waals surface area contributed by atoms with Crippen LogP contribution in [0.2, 0.25) is 0 Å². The molecule has 2 atom stereocenters. The molecule has 1 aliphatic heterocycles. The Balaban J connectivity index is 0.00000288. The van der Waals surface area contributed by atoms with E-state index in [9.17, 15) is 4.79 Å². The van der Waals surface area contributed by atoms with Gasteiger partial charge in [0.15, 0.2) is 0 Å². The first-order chi connectivity index (χ1) is 11.0. The molecule has 1 fully saturated rings. The summed E-state index contributed by atoms with van der Waals surface area (Å²) in [6.45, 7) is 10.8. The number of hydrogen-bond acceptors (Lipinski definition) is 3. The van der Waals surface area contributed by atoms with Gasteiger partial charge in [0.2, 0.25) is 5.91 Å². The second-order valence-corrected chi connectivity index (χ2v) is 7.08. The highest BCUT2D eigenvalue weighted by atomic mass is 35.5. The molecule has 2 unspecified atom stereocenters. The number of nitrogens with one attached hydrogen (secondary N) is 2. The zero-order valence-corrected chi connectivity index (χ0v) is 16.0. The molecule has 0 aliphatic carbocycles. The lowest BCUT2D eigenvalue weighted by Gasteiger charge is -2.20. The Morgan fingerprint density at radius 2 is 2.12 bits per heavy atom. The van der Waals surface area contributed by atoms with E-state index in [-0.39, 0.29) is 30.3 Å². The van der Waals surface area contributed by atoms with E-state index in [2.05, 4.69) is 56.5 Å². The van der Waals surface area contributed by atoms with Crippen LogP contribution in [0.15, 0.2) is 18.2 Å². The van der Waals surface area contributed by atoms with Gasteiger partial charge in [-0.2, -0.15) is 0 Å². The van der Waals surface area contributed by atoms with E-state index in [4.69, 9.17) is 4.74 Å². The van der Waals surface area contributed by atoms with E-state index < -0.39 is 0 Å². The van der Waals surface area contributed by atoms with Crippen LogP contribution in [0.5, 0.6) is 5.75 Å². The third-order valence-electron chi connectivity index (χ3n) is 4.24. The minimum atomic E-state index is 0. The number of carbonyl (C=O) groups excluding carboxylic acids is 1. The van der Waals surface area contributed by atoms with Crippen LogP contribution in [0, 0.1) is 18.8 Å². The van der Waals surface area contributed by atoms with Gasteiger partial charge in [0.05, 0.1) is 12.0 Å². The van der Waals surface area contributed by atoms with Gasteiger partial charge in [-0.1, -0.05) is 26.0 Å². The van der Waals surface area contributed by atoms with Crippen LogP contribution in [0.4, 0.5) is 0 Å². The summed E-state index contributed by atoms with van der Waals surface area (Å²) in [6, 6.07) is 6.19. The van der Waals surface area contributed by atoms with Gasteiger partial charge in [0, 0.05) is 18.7 Å². The topological polar surface area (TPSA) is 50.4 Å². The van der Waals surface area contributed by atoms with Crippen LogP contribution in [0.1, 0.15) is 44.7 Å². The summed E-state index contributed by atoms with van der Waals surface area (Å²) >= 11 is 0. The molecule has 24 heavy (non-hydrogen) atoms. The van der Waals surface area contributed by atoms with Crippen LogP contribution >= 0.6 is 12.4 Å². The largest absolute Gasteiger partial charge is 0.490 e. The predicted molar refractivity (Wildman–Crippen MR) is 101 cm³/mol. The molecule has 2 N–H and O–H groups in total. The maximum Gasteiger partial charge on any atom is 0.224 e. The third kappa shape index (κ3) is 6.33. The van der Waals surface area contributed by atoms with Crippen LogP contribution in [0.25, 0.3) is 0 Å². The zero-order valence-electron chi connectivity index (χ0n) is 15.2. The molecule has 1 aliphatic rings. The van der Waals surface area contributed by atoms with Crippen molar-refractivity contribution in [2.45, 2.75) is 53.2 Å². The van der Waals surface area contributed by atoms with Crippen LogP contribution in [0.3, 0.4) is 0 Å². The molecule has 0 saturated carbocycles. The fraction of sp³-hybridized carbons (Fsp3) is 0.632. The molecule has 0 bridgehead atoms. The van der Waals surface area contributed by atoms with Crippen molar-refractivity contribution >= 4 is 18.3 Å². The lowest BCUT2D eigenvalue weighted by Crippen LogP contribution is -2.31. The second kappa shape index (κ2) is 9.90. The molecule has 1 aromatic rings. The SMILES string of the molecule is Cc1ccc(CNC(=O)C2CCNC2)c(OC(C)CC(C)C)c1.Cl. The molecule has 1 amide bonds. The number of benzene rings is 1. The van der Waals surface area contributed by atoms with Gasteiger partial charge in [0.25, 0.3) is 0 Å². The molecule has 1 heterocycles. The molecule has 0 aromatic heterocycles. The normalized spacial score (nSPS) is 18.1. The lowest BCUT2D eigenvalue weighted by atomic mass is 10.1. The van der Waals surface area contributed by atoms with Crippen molar-refractivity contribution < 1.29 is 9.53 Å². The number of ether oxygens (including phenoxy) is 1. The highest BCUT2D eigenvalue weighted by molar-refractivity contribution is 5.85. The van der Waals surface area contributed by atoms with Crippen molar-refractivity contribution in [1.82, 2.24) is 10.6 Å². The zero-order chi connectivity index (χ0) is 16.8. The summed E-state index contributed by atoms with van der Waals surface area (Å²) in [7, 11) is 0. The monoisotopic (exact) mass is 354 g/mol. The first kappa shape index (κ1) is 20.8. The number of amides is 1. The molecule has 0 spiro atoms. The van der Waals surface area contributed by atoms with Crippen molar-refractivity contribution in [1.29, 1.82) is 0 Å². The lowest BCUT2D eigenvalue weighted by molar-refractivity contribution is -0.124. The summed E-state index contributed by atoms with van der Waals surface area (Å²) in [4.78, 5) is 12.2. The number of halogens is 1. The van der Waals surface area contributed by atoms with Crippen LogP contribution in [-0.2, 0) is 11.3 Å². The highest BCUT2D eigenvalue weighted by Gasteiger charge is 2.22. The molecule has 1 aromatic carbocycles. The molecular formula is C19H31ClN2O2. The van der Waals surface area contributed by atoms with E-state index in [1.807, 2.05) is 0 Å². The quantitative estimate of drug-likeness (QED) is 0.788. The van der Waals surface area contributed by atoms with E-state index in [0.29, 0.717) is 12.5 Å². The molecule has 5 heteroatoms. The Bertz CT molecular complexity index is 528. The summed E-state index contributed by atoms with van der Waals surface area (Å²) in [5.74, 6) is 1.73. The van der Waals surface area contributed by atoms with Gasteiger partial charge < -0.3 is 15.4 Å². The first-order valence-electron chi connectivity index (χ1n) is 8.70. The Labute approximate surface area is 152 Å². The maximum absolute atomic E-state index is 12.2. The summed E-state index contributed by atoms with van der Waals surface area (Å²) in [6.07, 6.45) is 2.12. The van der Waals surface area contributed by atoms with E-state index in [1.54, 1.807) is 0 Å². The van der Waals surface area contributed by atoms with Gasteiger partial charge >= 0.3 is 0 Å². The molecule has 4 nitrogen and oxygen atoms in total. The fourth-order valence-electron chi connectivity index (χ4n) is 3.05. The highest BCUT2D eigenvalue weighted by Crippen LogP contribution is 2.23. The Hall–Kier alpha value is -1.26. The van der Waals surface area contributed by atoms with Gasteiger partial charge in [0.1, 0.15) is 5.75 Å². The fourth-order valence-corrected chi connectivity index (χ4v) is 3.05. The molecule has 0 radical (unpaired) electrons. The average Bonchev–Trinajstić information content (AvgIpc) is 2.99. The Morgan fingerprint density at radius 1 is 1.38 bits per heavy atom. The van der Waals surface area contributed by atoms with Crippen molar-refractivity contribution in [3.05, 3.63) is 29.3 Å². The smallest absolute Gasteiger partial charge is 0.224 e. The third-order valence-corrected chi connectivity index (χ3v) is 4.24. The van der Waals surface area contributed by atoms with E-state index in [0.717, 1.165) is 37.2 Å². The number of carbonyl (C=O) groups is 1. The molecule has 136 valence electrons. The Morgan fingerprint density at radius 3 is 2.75 bits per heavy atom. The van der Waals surface area contributed by atoms with Crippen molar-refractivity contribution in [2.75, 3.05) is 13.1 Å². The van der Waals surface area contributed by atoms with E-state index >= 15 is 0 Å². The summed E-state index contributed by atoms with van der Waals surface area (Å²) < 4.78 is 6.13. The standard InChI is InChI=1S/C19H30N2O2.ClH/c1-13(2)9-15(4)23-18-10-14(3)5-6-16(18)12-21-19(22)17-7-8-20-11-17;/h5-6,10,13,15,17,20H,7-9,11-12H2,1-4H3,(H,21,22);1H. The molecule has 1 saturated heterocycles. The Kier molecular flexibility index (Phi) is 8.57. The number of hydrogen-bond donors (Lipinski definition) is 2. The van der Waals surface area contributed by atoms with Gasteiger partial charge in [-0.15, -0.1) is 12.4 Å². The minimum Gasteiger partial charge on any atom is -0.490 e. The summed E-state index contributed by atoms with van der Waals surface area (Å²) in [5, 5.41) is 6.28.